The van der Waals surface area contributed by atoms with Gasteiger partial charge in [-0.25, -0.2) is 4.98 Å². The van der Waals surface area contributed by atoms with Crippen LogP contribution >= 0.6 is 23.1 Å². The first-order valence-corrected chi connectivity index (χ1v) is 10.2. The molecule has 152 valence electrons. The largest absolute Gasteiger partial charge is 0.367 e. The van der Waals surface area contributed by atoms with Gasteiger partial charge in [0.1, 0.15) is 18.8 Å². The van der Waals surface area contributed by atoms with E-state index in [1.165, 1.54) is 23.1 Å². The van der Waals surface area contributed by atoms with E-state index in [9.17, 15) is 20.2 Å². The lowest BCUT2D eigenvalue weighted by Crippen LogP contribution is -2.27. The molecule has 0 aliphatic heterocycles. The Kier molecular flexibility index (Phi) is 8.91. The highest BCUT2D eigenvalue weighted by molar-refractivity contribution is 7.99. The summed E-state index contributed by atoms with van der Waals surface area (Å²) in [6.07, 6.45) is -1.28. The zero-order chi connectivity index (χ0) is 20.4. The lowest BCUT2D eigenvalue weighted by atomic mass is 10.1. The van der Waals surface area contributed by atoms with Crippen LogP contribution < -0.4 is 0 Å². The minimum absolute atomic E-state index is 0.160. The second-order valence-corrected chi connectivity index (χ2v) is 7.55. The van der Waals surface area contributed by atoms with Crippen LogP contribution in [0.2, 0.25) is 0 Å². The Balaban J connectivity index is 1.85. The summed E-state index contributed by atoms with van der Waals surface area (Å²) in [7, 11) is 0. The second-order valence-electron chi connectivity index (χ2n) is 5.51. The molecule has 0 bridgehead atoms. The maximum absolute atomic E-state index is 10.5. The van der Waals surface area contributed by atoms with Gasteiger partial charge in [0.2, 0.25) is 0 Å². The molecule has 0 saturated carbocycles. The molecule has 10 nitrogen and oxygen atoms in total. The molecule has 0 saturated heterocycles. The predicted molar refractivity (Wildman–Crippen MR) is 103 cm³/mol. The number of hydrogen-bond donors (Lipinski definition) is 0. The van der Waals surface area contributed by atoms with Crippen LogP contribution in [-0.2, 0) is 14.4 Å². The molecule has 2 atom stereocenters. The maximum atomic E-state index is 10.5. The van der Waals surface area contributed by atoms with E-state index in [1.807, 2.05) is 37.3 Å². The maximum Gasteiger partial charge on any atom is 0.294 e. The number of hydrogen-bond acceptors (Lipinski definition) is 10. The number of aromatic nitrogens is 1. The average molecular weight is 429 g/mol. The summed E-state index contributed by atoms with van der Waals surface area (Å²) >= 11 is 2.84. The number of thioether (sulfide) groups is 1. The first-order valence-electron chi connectivity index (χ1n) is 8.20. The molecule has 2 unspecified atom stereocenters. The fraction of sp³-hybridized carbons (Fsp3) is 0.438. The van der Waals surface area contributed by atoms with Crippen molar-refractivity contribution in [1.82, 2.24) is 4.98 Å². The van der Waals surface area contributed by atoms with E-state index in [-0.39, 0.29) is 11.9 Å². The molecule has 2 rings (SSSR count). The van der Waals surface area contributed by atoms with Crippen molar-refractivity contribution in [2.75, 3.05) is 24.7 Å². The first-order chi connectivity index (χ1) is 13.5. The third-order valence-corrected chi connectivity index (χ3v) is 5.58. The summed E-state index contributed by atoms with van der Waals surface area (Å²) in [6, 6.07) is 9.76. The van der Waals surface area contributed by atoms with Crippen LogP contribution in [0.15, 0.2) is 35.8 Å². The van der Waals surface area contributed by atoms with Crippen molar-refractivity contribution < 1.29 is 24.6 Å². The summed E-state index contributed by atoms with van der Waals surface area (Å²) in [4.78, 5) is 34.6. The van der Waals surface area contributed by atoms with E-state index in [4.69, 9.17) is 4.74 Å². The molecule has 28 heavy (non-hydrogen) atoms. The Hall–Kier alpha value is -2.44. The zero-order valence-corrected chi connectivity index (χ0v) is 16.6. The van der Waals surface area contributed by atoms with Crippen LogP contribution in [0.5, 0.6) is 0 Å². The fourth-order valence-electron chi connectivity index (χ4n) is 2.33. The third kappa shape index (κ3) is 7.29. The fourth-order valence-corrected chi connectivity index (χ4v) is 4.00. The molecule has 0 aliphatic rings. The second kappa shape index (κ2) is 11.4. The molecular weight excluding hydrogens is 410 g/mol. The van der Waals surface area contributed by atoms with Gasteiger partial charge in [-0.05, 0) is 12.5 Å². The highest BCUT2D eigenvalue weighted by Gasteiger charge is 2.20. The van der Waals surface area contributed by atoms with Gasteiger partial charge in [-0.15, -0.1) is 31.6 Å². The van der Waals surface area contributed by atoms with E-state index in [1.54, 1.807) is 5.51 Å². The molecule has 0 fully saturated rings. The number of aryl methyl sites for hydroxylation is 1. The Labute approximate surface area is 169 Å². The molecule has 0 spiro atoms. The molecule has 0 radical (unpaired) electrons. The molecule has 0 amide bonds. The van der Waals surface area contributed by atoms with Gasteiger partial charge in [0.15, 0.2) is 0 Å². The Morgan fingerprint density at radius 1 is 1.21 bits per heavy atom. The minimum atomic E-state index is -1.03. The summed E-state index contributed by atoms with van der Waals surface area (Å²) in [5.41, 5.74) is 3.68. The van der Waals surface area contributed by atoms with Crippen LogP contribution in [-0.4, -0.2) is 46.0 Å². The van der Waals surface area contributed by atoms with E-state index in [0.29, 0.717) is 12.4 Å². The lowest BCUT2D eigenvalue weighted by molar-refractivity contribution is -0.788. The van der Waals surface area contributed by atoms with Crippen molar-refractivity contribution in [3.63, 3.8) is 0 Å². The van der Waals surface area contributed by atoms with Crippen molar-refractivity contribution in [3.05, 3.63) is 72.2 Å². The number of rotatable bonds is 13. The molecule has 0 aliphatic carbocycles. The zero-order valence-electron chi connectivity index (χ0n) is 15.0. The van der Waals surface area contributed by atoms with E-state index >= 15 is 0 Å². The molecule has 12 heteroatoms. The van der Waals surface area contributed by atoms with E-state index in [2.05, 4.69) is 14.7 Å². The first kappa shape index (κ1) is 21.9. The van der Waals surface area contributed by atoms with Gasteiger partial charge in [0.25, 0.3) is 10.2 Å². The summed E-state index contributed by atoms with van der Waals surface area (Å²) in [6.45, 7) is 1.80. The lowest BCUT2D eigenvalue weighted by Gasteiger charge is -2.18. The Morgan fingerprint density at radius 2 is 1.96 bits per heavy atom. The SMILES string of the molecule is Cc1ncsc1C(OCCSCC(CO[N+](=O)[O-])O[N+](=O)[O-])c1ccccc1. The van der Waals surface area contributed by atoms with Crippen molar-refractivity contribution >= 4 is 23.1 Å². The number of thiazole rings is 1. The van der Waals surface area contributed by atoms with Gasteiger partial charge >= 0.3 is 0 Å². The van der Waals surface area contributed by atoms with Crippen LogP contribution in [0.3, 0.4) is 0 Å². The highest BCUT2D eigenvalue weighted by Crippen LogP contribution is 2.31. The molecular formula is C16H19N3O7S2. The predicted octanol–water partition coefficient (Wildman–Crippen LogP) is 3.08. The number of ether oxygens (including phenoxy) is 1. The monoisotopic (exact) mass is 429 g/mol. The van der Waals surface area contributed by atoms with Gasteiger partial charge in [-0.2, -0.15) is 11.8 Å². The Bertz CT molecular complexity index is 760. The highest BCUT2D eigenvalue weighted by atomic mass is 32.2. The molecule has 1 aromatic heterocycles. The average Bonchev–Trinajstić information content (AvgIpc) is 3.08. The van der Waals surface area contributed by atoms with Crippen molar-refractivity contribution in [2.45, 2.75) is 19.1 Å². The third-order valence-electron chi connectivity index (χ3n) is 3.54. The van der Waals surface area contributed by atoms with Gasteiger partial charge in [0.05, 0.1) is 22.7 Å². The minimum Gasteiger partial charge on any atom is -0.367 e. The van der Waals surface area contributed by atoms with Crippen molar-refractivity contribution in [1.29, 1.82) is 0 Å². The van der Waals surface area contributed by atoms with Crippen LogP contribution in [0, 0.1) is 27.2 Å². The quantitative estimate of drug-likeness (QED) is 0.268. The van der Waals surface area contributed by atoms with E-state index < -0.39 is 22.9 Å². The standard InChI is InChI=1S/C16H19N3O7S2/c1-12-16(28-11-17-12)15(13-5-3-2-4-6-13)24-7-8-27-10-14(26-19(22)23)9-25-18(20)21/h2-6,11,14-15H,7-10H2,1H3. The smallest absolute Gasteiger partial charge is 0.294 e. The van der Waals surface area contributed by atoms with E-state index in [0.717, 1.165) is 16.1 Å². The van der Waals surface area contributed by atoms with Crippen LogP contribution in [0.4, 0.5) is 0 Å². The van der Waals surface area contributed by atoms with Gasteiger partial charge in [-0.3, -0.25) is 0 Å². The van der Waals surface area contributed by atoms with Gasteiger partial charge in [-0.1, -0.05) is 30.3 Å². The molecule has 0 N–H and O–H groups in total. The van der Waals surface area contributed by atoms with Crippen molar-refractivity contribution in [2.24, 2.45) is 0 Å². The normalized spacial score (nSPS) is 12.9. The number of benzene rings is 1. The summed E-state index contributed by atoms with van der Waals surface area (Å²) in [5.74, 6) is 0.686. The molecule has 2 aromatic rings. The van der Waals surface area contributed by atoms with Gasteiger partial charge < -0.3 is 14.4 Å². The summed E-state index contributed by atoms with van der Waals surface area (Å²) < 4.78 is 6.05. The van der Waals surface area contributed by atoms with Gasteiger partial charge in [0, 0.05) is 11.5 Å². The molecule has 1 aromatic carbocycles. The van der Waals surface area contributed by atoms with Crippen LogP contribution in [0.1, 0.15) is 22.2 Å². The Morgan fingerprint density at radius 3 is 2.57 bits per heavy atom. The van der Waals surface area contributed by atoms with Crippen molar-refractivity contribution in [3.8, 4) is 0 Å². The molecule has 1 heterocycles. The number of nitrogens with zero attached hydrogens (tertiary/aromatic N) is 3. The van der Waals surface area contributed by atoms with Crippen LogP contribution in [0.25, 0.3) is 0 Å². The summed E-state index contributed by atoms with van der Waals surface area (Å²) in [5, 5.41) is 18.7. The topological polar surface area (TPSA) is 127 Å².